The quantitative estimate of drug-likeness (QED) is 0.609. The Labute approximate surface area is 151 Å². The van der Waals surface area contributed by atoms with Gasteiger partial charge in [0.1, 0.15) is 4.32 Å². The number of carbonyl (C=O) groups is 1. The molecule has 1 aliphatic heterocycles. The number of alkyl halides is 3. The van der Waals surface area contributed by atoms with Gasteiger partial charge in [-0.2, -0.15) is 13.2 Å². The summed E-state index contributed by atoms with van der Waals surface area (Å²) >= 11 is 6.13. The molecular weight excluding hydrogens is 369 g/mol. The molecule has 1 N–H and O–H groups in total. The smallest absolute Gasteiger partial charge is 0.318 e. The van der Waals surface area contributed by atoms with Crippen LogP contribution in [0.1, 0.15) is 22.5 Å². The number of nitrogens with zero attached hydrogens (tertiary/aromatic N) is 1. The Bertz CT molecular complexity index is 913. The first-order chi connectivity index (χ1) is 11.7. The molecule has 1 saturated heterocycles. The second kappa shape index (κ2) is 6.34. The number of aromatic nitrogens is 1. The van der Waals surface area contributed by atoms with Gasteiger partial charge in [-0.3, -0.25) is 4.79 Å². The summed E-state index contributed by atoms with van der Waals surface area (Å²) in [5.41, 5.74) is 2.00. The lowest BCUT2D eigenvalue weighted by Gasteiger charge is -2.13. The van der Waals surface area contributed by atoms with Gasteiger partial charge in [-0.05, 0) is 49.8 Å². The minimum atomic E-state index is -4.40. The van der Waals surface area contributed by atoms with E-state index in [0.29, 0.717) is 14.9 Å². The Kier molecular flexibility index (Phi) is 4.51. The highest BCUT2D eigenvalue weighted by Crippen LogP contribution is 2.32. The van der Waals surface area contributed by atoms with Crippen molar-refractivity contribution in [1.29, 1.82) is 0 Å². The maximum atomic E-state index is 13.0. The molecule has 1 amide bonds. The predicted octanol–water partition coefficient (Wildman–Crippen LogP) is 4.60. The van der Waals surface area contributed by atoms with E-state index in [2.05, 4.69) is 5.32 Å². The number of nitrogens with one attached hydrogen (secondary N) is 1. The summed E-state index contributed by atoms with van der Waals surface area (Å²) in [6.45, 7) is 3.61. The van der Waals surface area contributed by atoms with E-state index in [1.54, 1.807) is 23.6 Å². The fourth-order valence-corrected chi connectivity index (χ4v) is 3.75. The Balaban J connectivity index is 2.06. The molecule has 8 heteroatoms. The van der Waals surface area contributed by atoms with Crippen molar-refractivity contribution in [1.82, 2.24) is 9.88 Å². The van der Waals surface area contributed by atoms with Crippen LogP contribution >= 0.6 is 24.0 Å². The lowest BCUT2D eigenvalue weighted by atomic mass is 10.2. The van der Waals surface area contributed by atoms with Crippen molar-refractivity contribution in [3.05, 3.63) is 57.8 Å². The molecule has 0 atom stereocenters. The van der Waals surface area contributed by atoms with Crippen LogP contribution in [0.25, 0.3) is 11.8 Å². The second-order valence-corrected chi connectivity index (χ2v) is 7.28. The Morgan fingerprint density at radius 2 is 1.96 bits per heavy atom. The van der Waals surface area contributed by atoms with Gasteiger partial charge < -0.3 is 9.88 Å². The van der Waals surface area contributed by atoms with E-state index in [1.807, 2.05) is 13.0 Å². The average Bonchev–Trinajstić information content (AvgIpc) is 2.97. The van der Waals surface area contributed by atoms with Crippen LogP contribution in [0.4, 0.5) is 13.2 Å². The van der Waals surface area contributed by atoms with Gasteiger partial charge >= 0.3 is 6.18 Å². The summed E-state index contributed by atoms with van der Waals surface area (Å²) in [4.78, 5) is 12.3. The van der Waals surface area contributed by atoms with E-state index in [0.717, 1.165) is 29.1 Å². The van der Waals surface area contributed by atoms with Crippen molar-refractivity contribution < 1.29 is 18.0 Å². The number of carbonyl (C=O) groups excluding carboxylic acids is 1. The molecule has 3 rings (SSSR count). The number of thiocarbonyl (C=S) groups is 1. The molecule has 1 aromatic carbocycles. The summed E-state index contributed by atoms with van der Waals surface area (Å²) in [5.74, 6) is -0.265. The van der Waals surface area contributed by atoms with Gasteiger partial charge in [0.05, 0.1) is 10.5 Å². The van der Waals surface area contributed by atoms with Crippen LogP contribution in [0.5, 0.6) is 0 Å². The highest BCUT2D eigenvalue weighted by Gasteiger charge is 2.30. The number of amides is 1. The number of benzene rings is 1. The molecule has 0 aliphatic carbocycles. The van der Waals surface area contributed by atoms with Crippen LogP contribution in [0.3, 0.4) is 0 Å². The average molecular weight is 382 g/mol. The van der Waals surface area contributed by atoms with Gasteiger partial charge in [-0.1, -0.05) is 30.0 Å². The first kappa shape index (κ1) is 17.8. The molecule has 0 spiro atoms. The number of thioether (sulfide) groups is 1. The second-order valence-electron chi connectivity index (χ2n) is 5.56. The zero-order valence-corrected chi connectivity index (χ0v) is 14.9. The van der Waals surface area contributed by atoms with E-state index < -0.39 is 11.7 Å². The third-order valence-electron chi connectivity index (χ3n) is 3.83. The van der Waals surface area contributed by atoms with Crippen LogP contribution < -0.4 is 5.32 Å². The fourth-order valence-electron chi connectivity index (χ4n) is 2.71. The van der Waals surface area contributed by atoms with Gasteiger partial charge in [0.2, 0.25) is 0 Å². The van der Waals surface area contributed by atoms with E-state index in [4.69, 9.17) is 12.2 Å². The van der Waals surface area contributed by atoms with Crippen molar-refractivity contribution >= 4 is 40.3 Å². The molecule has 3 nitrogen and oxygen atoms in total. The molecule has 1 aliphatic rings. The van der Waals surface area contributed by atoms with Crippen LogP contribution in [-0.2, 0) is 11.0 Å². The molecule has 0 saturated carbocycles. The van der Waals surface area contributed by atoms with Gasteiger partial charge in [0, 0.05) is 17.1 Å². The van der Waals surface area contributed by atoms with E-state index in [1.165, 1.54) is 17.8 Å². The molecule has 1 aromatic heterocycles. The maximum Gasteiger partial charge on any atom is 0.416 e. The van der Waals surface area contributed by atoms with Crippen molar-refractivity contribution in [3.8, 4) is 5.69 Å². The largest absolute Gasteiger partial charge is 0.416 e. The summed E-state index contributed by atoms with van der Waals surface area (Å²) in [6, 6.07) is 6.99. The molecule has 1 fully saturated rings. The van der Waals surface area contributed by atoms with E-state index in [-0.39, 0.29) is 5.91 Å². The molecule has 0 bridgehead atoms. The number of aryl methyl sites for hydroxylation is 1. The molecular formula is C17H13F3N2OS2. The Hall–Kier alpha value is -2.06. The van der Waals surface area contributed by atoms with Crippen molar-refractivity contribution in [3.63, 3.8) is 0 Å². The standard InChI is InChI=1S/C17H13F3N2OS2/c1-9-6-11(7-14-15(23)21-16(24)25-14)10(2)22(9)13-5-3-4-12(8-13)17(18,19)20/h3-8H,1-2H3,(H,21,23,24)/b14-7+. The summed E-state index contributed by atoms with van der Waals surface area (Å²) in [5, 5.41) is 2.54. The monoisotopic (exact) mass is 382 g/mol. The van der Waals surface area contributed by atoms with E-state index >= 15 is 0 Å². The zero-order chi connectivity index (χ0) is 18.4. The SMILES string of the molecule is Cc1cc(/C=C2/SC(=S)NC2=O)c(C)n1-c1cccc(C(F)(F)F)c1. The lowest BCUT2D eigenvalue weighted by Crippen LogP contribution is -2.17. The first-order valence-corrected chi connectivity index (χ1v) is 8.51. The number of hydrogen-bond acceptors (Lipinski definition) is 3. The Morgan fingerprint density at radius 3 is 2.56 bits per heavy atom. The third kappa shape index (κ3) is 3.50. The molecule has 25 heavy (non-hydrogen) atoms. The van der Waals surface area contributed by atoms with Gasteiger partial charge in [0.15, 0.2) is 0 Å². The number of halogens is 3. The van der Waals surface area contributed by atoms with Crippen molar-refractivity contribution in [2.75, 3.05) is 0 Å². The number of hydrogen-bond donors (Lipinski definition) is 1. The highest BCUT2D eigenvalue weighted by atomic mass is 32.2. The predicted molar refractivity (Wildman–Crippen MR) is 96.6 cm³/mol. The topological polar surface area (TPSA) is 34.0 Å². The molecule has 0 unspecified atom stereocenters. The maximum absolute atomic E-state index is 13.0. The first-order valence-electron chi connectivity index (χ1n) is 7.28. The number of rotatable bonds is 2. The van der Waals surface area contributed by atoms with Gasteiger partial charge in [-0.25, -0.2) is 0 Å². The van der Waals surface area contributed by atoms with Crippen LogP contribution in [0, 0.1) is 13.8 Å². The molecule has 2 aromatic rings. The lowest BCUT2D eigenvalue weighted by molar-refractivity contribution is -0.137. The molecule has 130 valence electrons. The van der Waals surface area contributed by atoms with Crippen molar-refractivity contribution in [2.24, 2.45) is 0 Å². The zero-order valence-electron chi connectivity index (χ0n) is 13.3. The summed E-state index contributed by atoms with van der Waals surface area (Å²) in [6.07, 6.45) is -2.70. The highest BCUT2D eigenvalue weighted by molar-refractivity contribution is 8.26. The fraction of sp³-hybridized carbons (Fsp3) is 0.176. The van der Waals surface area contributed by atoms with Gasteiger partial charge in [0.25, 0.3) is 5.91 Å². The molecule has 2 heterocycles. The molecule has 0 radical (unpaired) electrons. The minimum absolute atomic E-state index is 0.265. The summed E-state index contributed by atoms with van der Waals surface area (Å²) < 4.78 is 41.0. The Morgan fingerprint density at radius 1 is 1.24 bits per heavy atom. The van der Waals surface area contributed by atoms with E-state index in [9.17, 15) is 18.0 Å². The van der Waals surface area contributed by atoms with Gasteiger partial charge in [-0.15, -0.1) is 0 Å². The summed E-state index contributed by atoms with van der Waals surface area (Å²) in [7, 11) is 0. The van der Waals surface area contributed by atoms with Crippen LogP contribution in [0.15, 0.2) is 35.2 Å². The third-order valence-corrected chi connectivity index (χ3v) is 4.99. The minimum Gasteiger partial charge on any atom is -0.318 e. The normalized spacial score (nSPS) is 16.6. The van der Waals surface area contributed by atoms with Crippen molar-refractivity contribution in [2.45, 2.75) is 20.0 Å². The van der Waals surface area contributed by atoms with Crippen LogP contribution in [-0.4, -0.2) is 14.8 Å². The van der Waals surface area contributed by atoms with Crippen LogP contribution in [0.2, 0.25) is 0 Å².